The van der Waals surface area contributed by atoms with Crippen molar-refractivity contribution in [2.24, 2.45) is 0 Å². The standard InChI is InChI=1S/C16H14O6/c1-11(17)21-14(9-13-7-8-15(18)22-13)10-20-16(19)12-5-3-2-4-6-12/h2-9,14H,10H2,1H3/b13-9+. The first-order chi connectivity index (χ1) is 10.5. The van der Waals surface area contributed by atoms with Crippen molar-refractivity contribution >= 4 is 17.9 Å². The zero-order valence-electron chi connectivity index (χ0n) is 11.9. The van der Waals surface area contributed by atoms with Crippen molar-refractivity contribution in [2.45, 2.75) is 13.0 Å². The van der Waals surface area contributed by atoms with Gasteiger partial charge in [-0.3, -0.25) is 4.79 Å². The summed E-state index contributed by atoms with van der Waals surface area (Å²) in [6.07, 6.45) is 3.25. The maximum Gasteiger partial charge on any atom is 0.338 e. The Morgan fingerprint density at radius 2 is 1.95 bits per heavy atom. The van der Waals surface area contributed by atoms with E-state index in [4.69, 9.17) is 14.2 Å². The summed E-state index contributed by atoms with van der Waals surface area (Å²) in [5.74, 6) is -1.33. The highest BCUT2D eigenvalue weighted by Crippen LogP contribution is 2.12. The van der Waals surface area contributed by atoms with Crippen molar-refractivity contribution in [3.05, 3.63) is 59.9 Å². The highest BCUT2D eigenvalue weighted by atomic mass is 16.6. The van der Waals surface area contributed by atoms with Gasteiger partial charge in [-0.1, -0.05) is 18.2 Å². The number of carbonyl (C=O) groups excluding carboxylic acids is 3. The van der Waals surface area contributed by atoms with Crippen LogP contribution in [0.15, 0.2) is 54.3 Å². The molecule has 0 saturated carbocycles. The summed E-state index contributed by atoms with van der Waals surface area (Å²) in [5.41, 5.74) is 0.393. The van der Waals surface area contributed by atoms with Gasteiger partial charge in [-0.2, -0.15) is 0 Å². The van der Waals surface area contributed by atoms with Gasteiger partial charge >= 0.3 is 17.9 Å². The molecular formula is C16H14O6. The van der Waals surface area contributed by atoms with Gasteiger partial charge in [0.25, 0.3) is 0 Å². The molecule has 1 heterocycles. The van der Waals surface area contributed by atoms with Gasteiger partial charge in [-0.15, -0.1) is 0 Å². The molecule has 0 radical (unpaired) electrons. The number of hydrogen-bond donors (Lipinski definition) is 0. The van der Waals surface area contributed by atoms with Crippen LogP contribution in [0.4, 0.5) is 0 Å². The Balaban J connectivity index is 1.98. The molecule has 6 nitrogen and oxygen atoms in total. The molecule has 0 aromatic heterocycles. The SMILES string of the molecule is CC(=O)OC(/C=C1\C=CC(=O)O1)COC(=O)c1ccccc1. The van der Waals surface area contributed by atoms with Gasteiger partial charge in [0.15, 0.2) is 6.10 Å². The van der Waals surface area contributed by atoms with E-state index in [9.17, 15) is 14.4 Å². The minimum Gasteiger partial charge on any atom is -0.458 e. The largest absolute Gasteiger partial charge is 0.458 e. The molecule has 1 aliphatic heterocycles. The first-order valence-corrected chi connectivity index (χ1v) is 6.55. The Morgan fingerprint density at radius 3 is 2.55 bits per heavy atom. The molecule has 0 saturated heterocycles. The number of ether oxygens (including phenoxy) is 3. The predicted octanol–water partition coefficient (Wildman–Crippen LogP) is 1.77. The predicted molar refractivity (Wildman–Crippen MR) is 75.6 cm³/mol. The van der Waals surface area contributed by atoms with Crippen molar-refractivity contribution in [3.8, 4) is 0 Å². The Morgan fingerprint density at radius 1 is 1.23 bits per heavy atom. The second-order valence-corrected chi connectivity index (χ2v) is 4.44. The Kier molecular flexibility index (Phi) is 5.08. The monoisotopic (exact) mass is 302 g/mol. The van der Waals surface area contributed by atoms with E-state index in [0.29, 0.717) is 5.56 Å². The average molecular weight is 302 g/mol. The third-order valence-corrected chi connectivity index (χ3v) is 2.66. The van der Waals surface area contributed by atoms with Crippen molar-refractivity contribution in [3.63, 3.8) is 0 Å². The number of carbonyl (C=O) groups is 3. The molecule has 1 aromatic carbocycles. The van der Waals surface area contributed by atoms with Crippen LogP contribution in [0.3, 0.4) is 0 Å². The summed E-state index contributed by atoms with van der Waals surface area (Å²) in [6, 6.07) is 8.44. The van der Waals surface area contributed by atoms with E-state index in [-0.39, 0.29) is 12.4 Å². The first-order valence-electron chi connectivity index (χ1n) is 6.55. The molecular weight excluding hydrogens is 288 g/mol. The molecule has 0 aliphatic carbocycles. The van der Waals surface area contributed by atoms with E-state index in [1.54, 1.807) is 30.3 Å². The maximum absolute atomic E-state index is 11.8. The highest BCUT2D eigenvalue weighted by Gasteiger charge is 2.17. The molecule has 0 spiro atoms. The average Bonchev–Trinajstić information content (AvgIpc) is 2.90. The van der Waals surface area contributed by atoms with E-state index in [0.717, 1.165) is 0 Å². The number of rotatable bonds is 5. The second kappa shape index (κ2) is 7.21. The van der Waals surface area contributed by atoms with Crippen LogP contribution >= 0.6 is 0 Å². The normalized spacial score (nSPS) is 16.2. The minimum absolute atomic E-state index is 0.178. The quantitative estimate of drug-likeness (QED) is 0.609. The van der Waals surface area contributed by atoms with Crippen LogP contribution in [0.2, 0.25) is 0 Å². The van der Waals surface area contributed by atoms with Gasteiger partial charge in [0, 0.05) is 19.1 Å². The fourth-order valence-corrected chi connectivity index (χ4v) is 1.75. The van der Waals surface area contributed by atoms with Crippen LogP contribution in [0, 0.1) is 0 Å². The zero-order chi connectivity index (χ0) is 15.9. The van der Waals surface area contributed by atoms with Crippen LogP contribution < -0.4 is 0 Å². The molecule has 0 amide bonds. The van der Waals surface area contributed by atoms with Crippen LogP contribution in [0.5, 0.6) is 0 Å². The third-order valence-electron chi connectivity index (χ3n) is 2.66. The van der Waals surface area contributed by atoms with Crippen molar-refractivity contribution in [1.82, 2.24) is 0 Å². The summed E-state index contributed by atoms with van der Waals surface area (Å²) in [6.45, 7) is 1.06. The van der Waals surface area contributed by atoms with Crippen LogP contribution in [-0.2, 0) is 23.8 Å². The van der Waals surface area contributed by atoms with Gasteiger partial charge in [0.2, 0.25) is 0 Å². The molecule has 0 bridgehead atoms. The lowest BCUT2D eigenvalue weighted by Crippen LogP contribution is -2.23. The lowest BCUT2D eigenvalue weighted by Gasteiger charge is -2.14. The van der Waals surface area contributed by atoms with Gasteiger partial charge in [-0.25, -0.2) is 9.59 Å². The molecule has 1 aliphatic rings. The summed E-state index contributed by atoms with van der Waals surface area (Å²) >= 11 is 0. The molecule has 2 rings (SSSR count). The highest BCUT2D eigenvalue weighted by molar-refractivity contribution is 5.89. The molecule has 1 atom stereocenters. The third kappa shape index (κ3) is 4.59. The van der Waals surface area contributed by atoms with E-state index >= 15 is 0 Å². The van der Waals surface area contributed by atoms with Crippen molar-refractivity contribution in [2.75, 3.05) is 6.61 Å². The Bertz CT molecular complexity index is 629. The minimum atomic E-state index is -0.837. The van der Waals surface area contributed by atoms with E-state index < -0.39 is 24.0 Å². The van der Waals surface area contributed by atoms with Gasteiger partial charge in [-0.05, 0) is 18.2 Å². The summed E-state index contributed by atoms with van der Waals surface area (Å²) in [4.78, 5) is 33.9. The van der Waals surface area contributed by atoms with Gasteiger partial charge < -0.3 is 14.2 Å². The maximum atomic E-state index is 11.8. The Labute approximate surface area is 127 Å². The second-order valence-electron chi connectivity index (χ2n) is 4.44. The molecule has 0 fully saturated rings. The van der Waals surface area contributed by atoms with Crippen molar-refractivity contribution in [1.29, 1.82) is 0 Å². The van der Waals surface area contributed by atoms with Gasteiger partial charge in [0.1, 0.15) is 12.4 Å². The molecule has 6 heteroatoms. The fourth-order valence-electron chi connectivity index (χ4n) is 1.75. The lowest BCUT2D eigenvalue weighted by atomic mass is 10.2. The first kappa shape index (κ1) is 15.5. The van der Waals surface area contributed by atoms with E-state index in [1.807, 2.05) is 0 Å². The number of benzene rings is 1. The Hall–Kier alpha value is -2.89. The number of esters is 3. The smallest absolute Gasteiger partial charge is 0.338 e. The summed E-state index contributed by atoms with van der Waals surface area (Å²) in [7, 11) is 0. The molecule has 22 heavy (non-hydrogen) atoms. The molecule has 1 unspecified atom stereocenters. The van der Waals surface area contributed by atoms with Crippen LogP contribution in [0.25, 0.3) is 0 Å². The number of cyclic esters (lactones) is 1. The van der Waals surface area contributed by atoms with E-state index in [1.165, 1.54) is 25.2 Å². The topological polar surface area (TPSA) is 78.9 Å². The van der Waals surface area contributed by atoms with E-state index in [2.05, 4.69) is 0 Å². The summed E-state index contributed by atoms with van der Waals surface area (Å²) < 4.78 is 15.0. The number of hydrogen-bond acceptors (Lipinski definition) is 6. The number of allylic oxidation sites excluding steroid dienone is 1. The zero-order valence-corrected chi connectivity index (χ0v) is 11.9. The fraction of sp³-hybridized carbons (Fsp3) is 0.188. The van der Waals surface area contributed by atoms with Gasteiger partial charge in [0.05, 0.1) is 5.56 Å². The summed E-state index contributed by atoms with van der Waals surface area (Å²) in [5, 5.41) is 0. The molecule has 114 valence electrons. The van der Waals surface area contributed by atoms with Crippen LogP contribution in [-0.4, -0.2) is 30.6 Å². The lowest BCUT2D eigenvalue weighted by molar-refractivity contribution is -0.145. The molecule has 0 N–H and O–H groups in total. The van der Waals surface area contributed by atoms with Crippen LogP contribution in [0.1, 0.15) is 17.3 Å². The van der Waals surface area contributed by atoms with Crippen molar-refractivity contribution < 1.29 is 28.6 Å². The molecule has 1 aromatic rings.